The smallest absolute Gasteiger partial charge is 0.291 e. The number of hydrogen-bond acceptors (Lipinski definition) is 4. The molecule has 0 aliphatic carbocycles. The summed E-state index contributed by atoms with van der Waals surface area (Å²) >= 11 is 5.98. The second-order valence-electron chi connectivity index (χ2n) is 5.07. The maximum Gasteiger partial charge on any atom is 0.291 e. The molecule has 2 aromatic rings. The van der Waals surface area contributed by atoms with E-state index in [0.717, 1.165) is 0 Å². The van der Waals surface area contributed by atoms with Crippen LogP contribution in [0, 0.1) is 5.92 Å². The fraction of sp³-hybridized carbons (Fsp3) is 0.250. The quantitative estimate of drug-likeness (QED) is 0.757. The van der Waals surface area contributed by atoms with E-state index < -0.39 is 5.91 Å². The Morgan fingerprint density at radius 3 is 2.65 bits per heavy atom. The van der Waals surface area contributed by atoms with Crippen molar-refractivity contribution in [1.29, 1.82) is 0 Å². The Balaban J connectivity index is 2.17. The topological polar surface area (TPSA) is 83.4 Å². The van der Waals surface area contributed by atoms with Gasteiger partial charge in [0.1, 0.15) is 0 Å². The fourth-order valence-corrected chi connectivity index (χ4v) is 2.15. The van der Waals surface area contributed by atoms with Crippen LogP contribution in [0.25, 0.3) is 0 Å². The molecule has 1 atom stereocenters. The molecule has 3 N–H and O–H groups in total. The molecule has 1 aromatic carbocycles. The Kier molecular flexibility index (Phi) is 5.78. The van der Waals surface area contributed by atoms with Gasteiger partial charge in [-0.1, -0.05) is 18.5 Å². The van der Waals surface area contributed by atoms with Crippen molar-refractivity contribution >= 4 is 34.8 Å². The molecule has 122 valence electrons. The summed E-state index contributed by atoms with van der Waals surface area (Å²) in [6, 6.07) is 8.02. The molecule has 0 aliphatic heterocycles. The van der Waals surface area contributed by atoms with Crippen LogP contribution >= 0.6 is 11.6 Å². The predicted octanol–water partition coefficient (Wildman–Crippen LogP) is 2.98. The first-order valence-corrected chi connectivity index (χ1v) is 7.49. The van der Waals surface area contributed by atoms with Crippen LogP contribution in [0.5, 0.6) is 0 Å². The highest BCUT2D eigenvalue weighted by molar-refractivity contribution is 6.31. The summed E-state index contributed by atoms with van der Waals surface area (Å²) in [5, 5.41) is 8.86. The standard InChI is InChI=1S/C16H18ClN3O3/c1-10(9-18-2)15(21)19-12-6-5-11(17)8-13(12)20-16(22)14-4-3-7-23-14/h3-8,10,18H,9H2,1-2H3,(H,19,21)(H,20,22). The van der Waals surface area contributed by atoms with Crippen LogP contribution in [-0.2, 0) is 4.79 Å². The van der Waals surface area contributed by atoms with Gasteiger partial charge in [-0.3, -0.25) is 9.59 Å². The minimum absolute atomic E-state index is 0.157. The highest BCUT2D eigenvalue weighted by Crippen LogP contribution is 2.27. The lowest BCUT2D eigenvalue weighted by Crippen LogP contribution is -2.29. The lowest BCUT2D eigenvalue weighted by atomic mass is 10.1. The van der Waals surface area contributed by atoms with Gasteiger partial charge in [0, 0.05) is 17.5 Å². The third-order valence-electron chi connectivity index (χ3n) is 3.19. The zero-order chi connectivity index (χ0) is 16.8. The summed E-state index contributed by atoms with van der Waals surface area (Å²) in [6.45, 7) is 2.36. The van der Waals surface area contributed by atoms with Gasteiger partial charge in [0.15, 0.2) is 5.76 Å². The molecule has 2 rings (SSSR count). The van der Waals surface area contributed by atoms with Gasteiger partial charge in [0.25, 0.3) is 5.91 Å². The third kappa shape index (κ3) is 4.58. The van der Waals surface area contributed by atoms with Crippen LogP contribution in [0.2, 0.25) is 5.02 Å². The average Bonchev–Trinajstić information content (AvgIpc) is 3.04. The predicted molar refractivity (Wildman–Crippen MR) is 89.8 cm³/mol. The zero-order valence-electron chi connectivity index (χ0n) is 12.9. The maximum atomic E-state index is 12.1. The van der Waals surface area contributed by atoms with Gasteiger partial charge in [0.05, 0.1) is 17.6 Å². The number of hydrogen-bond donors (Lipinski definition) is 3. The van der Waals surface area contributed by atoms with Crippen LogP contribution in [-0.4, -0.2) is 25.4 Å². The second-order valence-corrected chi connectivity index (χ2v) is 5.51. The van der Waals surface area contributed by atoms with Gasteiger partial charge in [0.2, 0.25) is 5.91 Å². The Morgan fingerprint density at radius 2 is 2.00 bits per heavy atom. The number of rotatable bonds is 6. The molecule has 1 aromatic heterocycles. The molecular weight excluding hydrogens is 318 g/mol. The molecule has 2 amide bonds. The van der Waals surface area contributed by atoms with E-state index in [0.29, 0.717) is 22.9 Å². The minimum Gasteiger partial charge on any atom is -0.459 e. The summed E-state index contributed by atoms with van der Waals surface area (Å²) in [4.78, 5) is 24.2. The van der Waals surface area contributed by atoms with Crippen LogP contribution in [0.3, 0.4) is 0 Å². The van der Waals surface area contributed by atoms with Crippen molar-refractivity contribution in [3.63, 3.8) is 0 Å². The molecule has 0 fully saturated rings. The van der Waals surface area contributed by atoms with Gasteiger partial charge in [-0.2, -0.15) is 0 Å². The minimum atomic E-state index is -0.420. The van der Waals surface area contributed by atoms with Crippen molar-refractivity contribution in [2.75, 3.05) is 24.2 Å². The summed E-state index contributed by atoms with van der Waals surface area (Å²) in [7, 11) is 1.78. The van der Waals surface area contributed by atoms with Crippen molar-refractivity contribution in [3.05, 3.63) is 47.4 Å². The SMILES string of the molecule is CNCC(C)C(=O)Nc1ccc(Cl)cc1NC(=O)c1ccco1. The summed E-state index contributed by atoms with van der Waals surface area (Å²) in [5.74, 6) is -0.624. The van der Waals surface area contributed by atoms with Crippen molar-refractivity contribution in [2.24, 2.45) is 5.92 Å². The molecule has 0 spiro atoms. The number of anilines is 2. The molecule has 23 heavy (non-hydrogen) atoms. The summed E-state index contributed by atoms with van der Waals surface area (Å²) < 4.78 is 5.05. The van der Waals surface area contributed by atoms with Crippen molar-refractivity contribution < 1.29 is 14.0 Å². The Labute approximate surface area is 139 Å². The van der Waals surface area contributed by atoms with Crippen LogP contribution in [0.4, 0.5) is 11.4 Å². The maximum absolute atomic E-state index is 12.1. The van der Waals surface area contributed by atoms with Gasteiger partial charge in [-0.05, 0) is 37.4 Å². The van der Waals surface area contributed by atoms with Crippen LogP contribution < -0.4 is 16.0 Å². The number of amides is 2. The molecule has 6 nitrogen and oxygen atoms in total. The van der Waals surface area contributed by atoms with E-state index >= 15 is 0 Å². The molecule has 1 heterocycles. The third-order valence-corrected chi connectivity index (χ3v) is 3.43. The molecule has 0 bridgehead atoms. The van der Waals surface area contributed by atoms with Crippen LogP contribution in [0.1, 0.15) is 17.5 Å². The monoisotopic (exact) mass is 335 g/mol. The molecule has 1 unspecified atom stereocenters. The summed E-state index contributed by atoms with van der Waals surface area (Å²) in [6.07, 6.45) is 1.41. The van der Waals surface area contributed by atoms with Gasteiger partial charge in [-0.25, -0.2) is 0 Å². The molecule has 0 saturated heterocycles. The lowest BCUT2D eigenvalue weighted by molar-refractivity contribution is -0.119. The largest absolute Gasteiger partial charge is 0.459 e. The number of halogens is 1. The molecule has 0 aliphatic rings. The van der Waals surface area contributed by atoms with Crippen molar-refractivity contribution in [1.82, 2.24) is 5.32 Å². The van der Waals surface area contributed by atoms with Crippen molar-refractivity contribution in [3.8, 4) is 0 Å². The summed E-state index contributed by atoms with van der Waals surface area (Å²) in [5.41, 5.74) is 0.881. The number of carbonyl (C=O) groups excluding carboxylic acids is 2. The molecular formula is C16H18ClN3O3. The van der Waals surface area contributed by atoms with E-state index in [1.54, 1.807) is 37.4 Å². The zero-order valence-corrected chi connectivity index (χ0v) is 13.6. The van der Waals surface area contributed by atoms with E-state index in [1.807, 2.05) is 6.92 Å². The van der Waals surface area contributed by atoms with Gasteiger partial charge in [-0.15, -0.1) is 0 Å². The Hall–Kier alpha value is -2.31. The van der Waals surface area contributed by atoms with Gasteiger partial charge < -0.3 is 20.4 Å². The average molecular weight is 336 g/mol. The highest BCUT2D eigenvalue weighted by atomic mass is 35.5. The number of nitrogens with one attached hydrogen (secondary N) is 3. The highest BCUT2D eigenvalue weighted by Gasteiger charge is 2.16. The molecule has 0 radical (unpaired) electrons. The van der Waals surface area contributed by atoms with E-state index in [9.17, 15) is 9.59 Å². The normalized spacial score (nSPS) is 11.8. The lowest BCUT2D eigenvalue weighted by Gasteiger charge is -2.15. The Morgan fingerprint density at radius 1 is 1.22 bits per heavy atom. The van der Waals surface area contributed by atoms with E-state index in [-0.39, 0.29) is 17.6 Å². The van der Waals surface area contributed by atoms with E-state index in [4.69, 9.17) is 16.0 Å². The van der Waals surface area contributed by atoms with E-state index in [1.165, 1.54) is 6.26 Å². The van der Waals surface area contributed by atoms with Crippen LogP contribution in [0.15, 0.2) is 41.0 Å². The number of furan rings is 1. The molecule has 0 saturated carbocycles. The van der Waals surface area contributed by atoms with E-state index in [2.05, 4.69) is 16.0 Å². The number of benzene rings is 1. The fourth-order valence-electron chi connectivity index (χ4n) is 1.98. The molecule has 7 heteroatoms. The van der Waals surface area contributed by atoms with Gasteiger partial charge >= 0.3 is 0 Å². The first-order valence-electron chi connectivity index (χ1n) is 7.11. The van der Waals surface area contributed by atoms with Crippen molar-refractivity contribution in [2.45, 2.75) is 6.92 Å². The Bertz CT molecular complexity index is 686. The number of carbonyl (C=O) groups is 2. The second kappa shape index (κ2) is 7.80. The first-order chi connectivity index (χ1) is 11.0. The first kappa shape index (κ1) is 17.1.